The standard InChI is InChI=1S/C34H26BN/c1-21-11-13-23-17-25-19-27(36-32-9-5-3-7-28(32)29-8-4-6-10-33(29)36)20-26-18-24-14-12-22(2)16-31(24)35(34(25)26)30(23)15-21/h3-16,19-20H,17-18H2,1-2H3. The Labute approximate surface area is 212 Å². The first-order chi connectivity index (χ1) is 17.7. The van der Waals surface area contributed by atoms with Crippen LogP contribution in [-0.2, 0) is 12.8 Å². The molecule has 0 radical (unpaired) electrons. The Morgan fingerprint density at radius 3 is 1.58 bits per heavy atom. The maximum absolute atomic E-state index is 2.48. The Morgan fingerprint density at radius 2 is 1.06 bits per heavy atom. The van der Waals surface area contributed by atoms with E-state index in [4.69, 9.17) is 0 Å². The maximum Gasteiger partial charge on any atom is 0.242 e. The van der Waals surface area contributed by atoms with Crippen molar-refractivity contribution in [1.82, 2.24) is 4.57 Å². The Balaban J connectivity index is 1.44. The van der Waals surface area contributed by atoms with E-state index in [2.05, 4.69) is 115 Å². The predicted molar refractivity (Wildman–Crippen MR) is 153 cm³/mol. The molecule has 36 heavy (non-hydrogen) atoms. The molecule has 0 fully saturated rings. The van der Waals surface area contributed by atoms with E-state index in [1.54, 1.807) is 5.46 Å². The molecule has 0 amide bonds. The van der Waals surface area contributed by atoms with Gasteiger partial charge in [0.05, 0.1) is 11.0 Å². The Hall–Kier alpha value is -4.04. The zero-order chi connectivity index (χ0) is 24.0. The van der Waals surface area contributed by atoms with Crippen LogP contribution in [0.2, 0.25) is 0 Å². The van der Waals surface area contributed by atoms with Gasteiger partial charge in [-0.1, -0.05) is 100 Å². The van der Waals surface area contributed by atoms with Gasteiger partial charge in [-0.15, -0.1) is 0 Å². The summed E-state index contributed by atoms with van der Waals surface area (Å²) in [5.74, 6) is 0. The molecular formula is C34H26BN. The molecule has 2 aliphatic rings. The lowest BCUT2D eigenvalue weighted by Crippen LogP contribution is -2.61. The molecule has 0 atom stereocenters. The van der Waals surface area contributed by atoms with Crippen molar-refractivity contribution in [2.45, 2.75) is 26.7 Å². The van der Waals surface area contributed by atoms with Crippen LogP contribution in [0.15, 0.2) is 97.1 Å². The van der Waals surface area contributed by atoms with Crippen molar-refractivity contribution in [3.63, 3.8) is 0 Å². The summed E-state index contributed by atoms with van der Waals surface area (Å²) in [6, 6.07) is 36.8. The van der Waals surface area contributed by atoms with E-state index in [1.807, 2.05) is 0 Å². The van der Waals surface area contributed by atoms with E-state index in [0.29, 0.717) is 6.71 Å². The van der Waals surface area contributed by atoms with Gasteiger partial charge < -0.3 is 4.57 Å². The number of nitrogens with zero attached hydrogens (tertiary/aromatic N) is 1. The average Bonchev–Trinajstić information content (AvgIpc) is 3.23. The summed E-state index contributed by atoms with van der Waals surface area (Å²) >= 11 is 0. The molecule has 2 aliphatic heterocycles. The highest BCUT2D eigenvalue weighted by atomic mass is 15.0. The number of para-hydroxylation sites is 2. The summed E-state index contributed by atoms with van der Waals surface area (Å²) < 4.78 is 2.48. The summed E-state index contributed by atoms with van der Waals surface area (Å²) in [5, 5.41) is 2.64. The van der Waals surface area contributed by atoms with Gasteiger partial charge >= 0.3 is 0 Å². The Kier molecular flexibility index (Phi) is 4.06. The first-order valence-electron chi connectivity index (χ1n) is 13.0. The van der Waals surface area contributed by atoms with Gasteiger partial charge in [-0.05, 0) is 73.2 Å². The van der Waals surface area contributed by atoms with E-state index >= 15 is 0 Å². The zero-order valence-corrected chi connectivity index (χ0v) is 20.7. The normalized spacial score (nSPS) is 13.6. The van der Waals surface area contributed by atoms with E-state index < -0.39 is 0 Å². The van der Waals surface area contributed by atoms with E-state index in [1.165, 1.54) is 71.8 Å². The second-order valence-corrected chi connectivity index (χ2v) is 10.7. The molecule has 0 N–H and O–H groups in total. The van der Waals surface area contributed by atoms with Crippen molar-refractivity contribution < 1.29 is 0 Å². The van der Waals surface area contributed by atoms with Gasteiger partial charge in [0.2, 0.25) is 6.71 Å². The van der Waals surface area contributed by atoms with Crippen LogP contribution in [0, 0.1) is 13.8 Å². The topological polar surface area (TPSA) is 4.93 Å². The number of fused-ring (bicyclic) bond motifs is 7. The second kappa shape index (κ2) is 7.24. The highest BCUT2D eigenvalue weighted by molar-refractivity contribution is 6.97. The van der Waals surface area contributed by atoms with Crippen molar-refractivity contribution in [3.05, 3.63) is 130 Å². The first kappa shape index (κ1) is 20.2. The summed E-state index contributed by atoms with van der Waals surface area (Å²) in [5.41, 5.74) is 17.0. The Bertz CT molecular complexity index is 1740. The van der Waals surface area contributed by atoms with Crippen LogP contribution < -0.4 is 16.4 Å². The smallest absolute Gasteiger partial charge is 0.242 e. The molecule has 0 unspecified atom stereocenters. The maximum atomic E-state index is 2.48. The van der Waals surface area contributed by atoms with Crippen molar-refractivity contribution in [2.24, 2.45) is 0 Å². The number of aromatic nitrogens is 1. The Morgan fingerprint density at radius 1 is 0.556 bits per heavy atom. The highest BCUT2D eigenvalue weighted by Crippen LogP contribution is 2.34. The lowest BCUT2D eigenvalue weighted by Gasteiger charge is -2.35. The van der Waals surface area contributed by atoms with Gasteiger partial charge in [-0.2, -0.15) is 0 Å². The molecule has 2 heteroatoms. The molecular weight excluding hydrogens is 433 g/mol. The van der Waals surface area contributed by atoms with Crippen LogP contribution in [0.4, 0.5) is 0 Å². The van der Waals surface area contributed by atoms with E-state index in [-0.39, 0.29) is 0 Å². The third kappa shape index (κ3) is 2.73. The predicted octanol–water partition coefficient (Wildman–Crippen LogP) is 5.73. The van der Waals surface area contributed by atoms with Crippen LogP contribution in [-0.4, -0.2) is 11.3 Å². The van der Waals surface area contributed by atoms with Crippen LogP contribution in [0.5, 0.6) is 0 Å². The molecule has 1 aromatic heterocycles. The first-order valence-corrected chi connectivity index (χ1v) is 13.0. The van der Waals surface area contributed by atoms with Crippen LogP contribution >= 0.6 is 0 Å². The lowest BCUT2D eigenvalue weighted by molar-refractivity contribution is 1.10. The van der Waals surface area contributed by atoms with Crippen molar-refractivity contribution in [3.8, 4) is 5.69 Å². The minimum absolute atomic E-state index is 0.328. The summed E-state index contributed by atoms with van der Waals surface area (Å²) in [6.07, 6.45) is 2.00. The molecule has 0 bridgehead atoms. The minimum Gasteiger partial charge on any atom is -0.309 e. The van der Waals surface area contributed by atoms with Gasteiger partial charge in [-0.3, -0.25) is 0 Å². The second-order valence-electron chi connectivity index (χ2n) is 10.7. The number of hydrogen-bond donors (Lipinski definition) is 0. The highest BCUT2D eigenvalue weighted by Gasteiger charge is 2.37. The number of rotatable bonds is 1. The van der Waals surface area contributed by atoms with Gasteiger partial charge in [0.25, 0.3) is 0 Å². The molecule has 6 aromatic rings. The minimum atomic E-state index is 0.328. The van der Waals surface area contributed by atoms with Gasteiger partial charge in [0.15, 0.2) is 0 Å². The van der Waals surface area contributed by atoms with Crippen LogP contribution in [0.3, 0.4) is 0 Å². The lowest BCUT2D eigenvalue weighted by atomic mass is 9.30. The molecule has 1 nitrogen and oxygen atoms in total. The van der Waals surface area contributed by atoms with E-state index in [9.17, 15) is 0 Å². The van der Waals surface area contributed by atoms with Crippen molar-refractivity contribution in [1.29, 1.82) is 0 Å². The number of hydrogen-bond acceptors (Lipinski definition) is 0. The van der Waals surface area contributed by atoms with Gasteiger partial charge in [0, 0.05) is 16.5 Å². The molecule has 0 spiro atoms. The molecule has 5 aromatic carbocycles. The molecule has 170 valence electrons. The van der Waals surface area contributed by atoms with Crippen LogP contribution in [0.25, 0.3) is 27.5 Å². The fourth-order valence-electron chi connectivity index (χ4n) is 6.93. The zero-order valence-electron chi connectivity index (χ0n) is 20.7. The van der Waals surface area contributed by atoms with Gasteiger partial charge in [0.1, 0.15) is 0 Å². The summed E-state index contributed by atoms with van der Waals surface area (Å²) in [6.45, 7) is 4.78. The SMILES string of the molecule is Cc1ccc2c(c1)B1c3cc(C)ccc3Cc3cc(-n4c5ccccc5c5ccccc54)cc(c31)C2. The fourth-order valence-corrected chi connectivity index (χ4v) is 6.93. The van der Waals surface area contributed by atoms with Crippen molar-refractivity contribution in [2.75, 3.05) is 0 Å². The molecule has 0 saturated heterocycles. The third-order valence-corrected chi connectivity index (χ3v) is 8.45. The monoisotopic (exact) mass is 459 g/mol. The van der Waals surface area contributed by atoms with Crippen LogP contribution in [0.1, 0.15) is 33.4 Å². The number of aryl methyl sites for hydroxylation is 2. The van der Waals surface area contributed by atoms with E-state index in [0.717, 1.165) is 12.8 Å². The quantitative estimate of drug-likeness (QED) is 0.277. The van der Waals surface area contributed by atoms with Crippen molar-refractivity contribution >= 4 is 44.9 Å². The molecule has 8 rings (SSSR count). The summed E-state index contributed by atoms with van der Waals surface area (Å²) in [7, 11) is 0. The summed E-state index contributed by atoms with van der Waals surface area (Å²) in [4.78, 5) is 0. The largest absolute Gasteiger partial charge is 0.309 e. The molecule has 3 heterocycles. The molecule has 0 aliphatic carbocycles. The number of benzene rings is 5. The van der Waals surface area contributed by atoms with Gasteiger partial charge in [-0.25, -0.2) is 0 Å². The third-order valence-electron chi connectivity index (χ3n) is 8.45. The molecule has 0 saturated carbocycles. The fraction of sp³-hybridized carbons (Fsp3) is 0.118. The average molecular weight is 459 g/mol.